The molecule has 0 saturated carbocycles. The van der Waals surface area contributed by atoms with E-state index in [-0.39, 0.29) is 11.9 Å². The number of carbonyl (C=O) groups excluding carboxylic acids is 1. The van der Waals surface area contributed by atoms with Crippen LogP contribution in [0.2, 0.25) is 0 Å². The van der Waals surface area contributed by atoms with Crippen LogP contribution in [0.15, 0.2) is 30.5 Å². The maximum atomic E-state index is 12.9. The molecule has 6 heteroatoms. The van der Waals surface area contributed by atoms with Gasteiger partial charge in [0.25, 0.3) is 0 Å². The summed E-state index contributed by atoms with van der Waals surface area (Å²) >= 11 is 0. The van der Waals surface area contributed by atoms with Gasteiger partial charge in [0.15, 0.2) is 5.82 Å². The van der Waals surface area contributed by atoms with Crippen molar-refractivity contribution in [1.82, 2.24) is 20.2 Å². The van der Waals surface area contributed by atoms with Crippen LogP contribution < -0.4 is 10.1 Å². The van der Waals surface area contributed by atoms with Crippen molar-refractivity contribution in [2.75, 3.05) is 19.7 Å². The van der Waals surface area contributed by atoms with Crippen molar-refractivity contribution < 1.29 is 9.53 Å². The van der Waals surface area contributed by atoms with Gasteiger partial charge in [-0.3, -0.25) is 4.79 Å². The maximum Gasteiger partial charge on any atom is 0.226 e. The number of fused-ring (bicyclic) bond motifs is 1. The van der Waals surface area contributed by atoms with Crippen molar-refractivity contribution in [1.29, 1.82) is 0 Å². The molecule has 6 nitrogen and oxygen atoms in total. The summed E-state index contributed by atoms with van der Waals surface area (Å²) in [6.07, 6.45) is 6.31. The molecule has 1 amide bonds. The van der Waals surface area contributed by atoms with Gasteiger partial charge in [-0.25, -0.2) is 9.97 Å². The van der Waals surface area contributed by atoms with Gasteiger partial charge in [-0.15, -0.1) is 0 Å². The van der Waals surface area contributed by atoms with Crippen LogP contribution in [0.25, 0.3) is 0 Å². The predicted molar refractivity (Wildman–Crippen MR) is 107 cm³/mol. The lowest BCUT2D eigenvalue weighted by molar-refractivity contribution is -0.135. The third-order valence-electron chi connectivity index (χ3n) is 5.62. The summed E-state index contributed by atoms with van der Waals surface area (Å²) in [5.74, 6) is 1.77. The number of para-hydroxylation sites is 1. The third kappa shape index (κ3) is 4.17. The molecule has 2 aromatic rings. The van der Waals surface area contributed by atoms with Crippen LogP contribution in [0, 0.1) is 6.92 Å². The quantitative estimate of drug-likeness (QED) is 0.864. The molecular weight excluding hydrogens is 352 g/mol. The van der Waals surface area contributed by atoms with E-state index in [0.29, 0.717) is 13.0 Å². The summed E-state index contributed by atoms with van der Waals surface area (Å²) in [7, 11) is 0. The third-order valence-corrected chi connectivity index (χ3v) is 5.62. The Morgan fingerprint density at radius 3 is 3.11 bits per heavy atom. The Kier molecular flexibility index (Phi) is 5.86. The Balaban J connectivity index is 1.42. The topological polar surface area (TPSA) is 67.3 Å². The van der Waals surface area contributed by atoms with E-state index in [9.17, 15) is 4.79 Å². The number of carbonyl (C=O) groups is 1. The van der Waals surface area contributed by atoms with Crippen LogP contribution >= 0.6 is 0 Å². The van der Waals surface area contributed by atoms with Crippen LogP contribution in [0.3, 0.4) is 0 Å². The first-order valence-electron chi connectivity index (χ1n) is 10.3. The Hall–Kier alpha value is -2.47. The molecule has 2 aliphatic heterocycles. The molecule has 1 N–H and O–H groups in total. The Morgan fingerprint density at radius 2 is 2.21 bits per heavy atom. The fraction of sp³-hybridized carbons (Fsp3) is 0.500. The van der Waals surface area contributed by atoms with Crippen molar-refractivity contribution in [3.63, 3.8) is 0 Å². The second-order valence-corrected chi connectivity index (χ2v) is 7.59. The van der Waals surface area contributed by atoms with Gasteiger partial charge in [0.05, 0.1) is 19.1 Å². The zero-order chi connectivity index (χ0) is 19.3. The van der Waals surface area contributed by atoms with Crippen LogP contribution in [0.1, 0.15) is 54.4 Å². The fourth-order valence-electron chi connectivity index (χ4n) is 4.02. The highest BCUT2D eigenvalue weighted by Crippen LogP contribution is 2.30. The number of amides is 1. The van der Waals surface area contributed by atoms with Gasteiger partial charge in [-0.1, -0.05) is 18.2 Å². The zero-order valence-corrected chi connectivity index (χ0v) is 16.5. The molecule has 28 heavy (non-hydrogen) atoms. The van der Waals surface area contributed by atoms with Gasteiger partial charge in [-0.2, -0.15) is 0 Å². The lowest BCUT2D eigenvalue weighted by atomic mass is 10.00. The first-order valence-corrected chi connectivity index (χ1v) is 10.3. The standard InChI is InChI=1S/C22H28N4O2/c1-16-6-2-3-8-20(16)28-13-10-21(27)26-12-5-4-7-19(26)22-24-15-17-14-23-11-9-18(17)25-22/h2-3,6,8,15,19,23H,4-5,7,9-14H2,1H3. The number of piperidine rings is 1. The van der Waals surface area contributed by atoms with Gasteiger partial charge < -0.3 is 15.0 Å². The number of benzene rings is 1. The molecule has 1 aromatic carbocycles. The molecule has 0 bridgehead atoms. The number of hydrogen-bond donors (Lipinski definition) is 1. The molecule has 4 rings (SSSR count). The molecule has 1 unspecified atom stereocenters. The van der Waals surface area contributed by atoms with Crippen molar-refractivity contribution >= 4 is 5.91 Å². The van der Waals surface area contributed by atoms with Gasteiger partial charge in [-0.05, 0) is 37.8 Å². The minimum atomic E-state index is -0.0140. The summed E-state index contributed by atoms with van der Waals surface area (Å²) in [6, 6.07) is 7.88. The molecule has 1 aromatic heterocycles. The zero-order valence-electron chi connectivity index (χ0n) is 16.5. The number of likely N-dealkylation sites (tertiary alicyclic amines) is 1. The normalized spacial score (nSPS) is 19.2. The molecule has 1 fully saturated rings. The molecule has 3 heterocycles. The SMILES string of the molecule is Cc1ccccc1OCCC(=O)N1CCCCC1c1ncc2c(n1)CCNC2. The van der Waals surface area contributed by atoms with Gasteiger partial charge in [0.2, 0.25) is 5.91 Å². The number of nitrogens with zero attached hydrogens (tertiary/aromatic N) is 3. The van der Waals surface area contributed by atoms with E-state index >= 15 is 0 Å². The smallest absolute Gasteiger partial charge is 0.226 e. The Labute approximate surface area is 166 Å². The number of aryl methyl sites for hydroxylation is 1. The summed E-state index contributed by atoms with van der Waals surface area (Å²) in [5, 5.41) is 3.35. The van der Waals surface area contributed by atoms with Crippen molar-refractivity contribution in [3.8, 4) is 5.75 Å². The lowest BCUT2D eigenvalue weighted by Crippen LogP contribution is -2.40. The van der Waals surface area contributed by atoms with Crippen LogP contribution in [-0.2, 0) is 17.8 Å². The average molecular weight is 380 g/mol. The molecule has 0 spiro atoms. The minimum Gasteiger partial charge on any atom is -0.493 e. The van der Waals surface area contributed by atoms with Gasteiger partial charge >= 0.3 is 0 Å². The highest BCUT2D eigenvalue weighted by atomic mass is 16.5. The number of nitrogens with one attached hydrogen (secondary N) is 1. The van der Waals surface area contributed by atoms with Crippen molar-refractivity contribution in [2.45, 2.75) is 51.6 Å². The molecule has 0 radical (unpaired) electrons. The number of aromatic nitrogens is 2. The highest BCUT2D eigenvalue weighted by molar-refractivity contribution is 5.76. The largest absolute Gasteiger partial charge is 0.493 e. The molecule has 1 saturated heterocycles. The van der Waals surface area contributed by atoms with Gasteiger partial charge in [0, 0.05) is 43.5 Å². The van der Waals surface area contributed by atoms with Crippen molar-refractivity contribution in [3.05, 3.63) is 53.1 Å². The van der Waals surface area contributed by atoms with Crippen LogP contribution in [0.4, 0.5) is 0 Å². The van der Waals surface area contributed by atoms with Crippen molar-refractivity contribution in [2.24, 2.45) is 0 Å². The van der Waals surface area contributed by atoms with E-state index in [1.165, 1.54) is 5.56 Å². The molecule has 1 atom stereocenters. The number of hydrogen-bond acceptors (Lipinski definition) is 5. The van der Waals surface area contributed by atoms with E-state index in [4.69, 9.17) is 9.72 Å². The van der Waals surface area contributed by atoms with E-state index in [1.807, 2.05) is 42.3 Å². The first-order chi connectivity index (χ1) is 13.7. The van der Waals surface area contributed by atoms with Crippen LogP contribution in [0.5, 0.6) is 5.75 Å². The highest BCUT2D eigenvalue weighted by Gasteiger charge is 2.30. The minimum absolute atomic E-state index is 0.0140. The monoisotopic (exact) mass is 380 g/mol. The summed E-state index contributed by atoms with van der Waals surface area (Å²) in [4.78, 5) is 24.3. The Bertz CT molecular complexity index is 839. The fourth-order valence-corrected chi connectivity index (χ4v) is 4.02. The molecule has 0 aliphatic carbocycles. The van der Waals surface area contributed by atoms with Gasteiger partial charge in [0.1, 0.15) is 5.75 Å². The van der Waals surface area contributed by atoms with E-state index in [0.717, 1.165) is 68.1 Å². The molecular formula is C22H28N4O2. The molecule has 148 valence electrons. The first kappa shape index (κ1) is 18.9. The summed E-state index contributed by atoms with van der Waals surface area (Å²) in [5.41, 5.74) is 3.39. The predicted octanol–water partition coefficient (Wildman–Crippen LogP) is 2.95. The second kappa shape index (κ2) is 8.69. The van der Waals surface area contributed by atoms with Crippen LogP contribution in [-0.4, -0.2) is 40.5 Å². The summed E-state index contributed by atoms with van der Waals surface area (Å²) in [6.45, 7) is 4.96. The average Bonchev–Trinajstić information content (AvgIpc) is 2.74. The maximum absolute atomic E-state index is 12.9. The lowest BCUT2D eigenvalue weighted by Gasteiger charge is -2.35. The summed E-state index contributed by atoms with van der Waals surface area (Å²) < 4.78 is 5.83. The molecule has 2 aliphatic rings. The van der Waals surface area contributed by atoms with E-state index < -0.39 is 0 Å². The number of rotatable bonds is 5. The van der Waals surface area contributed by atoms with E-state index in [2.05, 4.69) is 10.3 Å². The number of ether oxygens (including phenoxy) is 1. The van der Waals surface area contributed by atoms with E-state index in [1.54, 1.807) is 0 Å². The Morgan fingerprint density at radius 1 is 1.32 bits per heavy atom. The second-order valence-electron chi connectivity index (χ2n) is 7.59.